The first-order valence-electron chi connectivity index (χ1n) is 11.7. The number of nitrogens with one attached hydrogen (secondary N) is 1. The smallest absolute Gasteiger partial charge is 0.127 e. The minimum absolute atomic E-state index is 0.101. The molecule has 0 saturated carbocycles. The van der Waals surface area contributed by atoms with E-state index in [0.717, 1.165) is 45.5 Å². The molecule has 3 N–H and O–H groups in total. The van der Waals surface area contributed by atoms with Gasteiger partial charge in [0.05, 0.1) is 46.4 Å². The molecule has 0 heterocycles. The van der Waals surface area contributed by atoms with Gasteiger partial charge >= 0.3 is 0 Å². The van der Waals surface area contributed by atoms with E-state index in [4.69, 9.17) is 29.4 Å². The van der Waals surface area contributed by atoms with E-state index >= 15 is 0 Å². The first-order valence-corrected chi connectivity index (χ1v) is 11.7. The fraction of sp³-hybridized carbons (Fsp3) is 0.357. The van der Waals surface area contributed by atoms with Crippen LogP contribution in [0.5, 0.6) is 23.0 Å². The van der Waals surface area contributed by atoms with Crippen molar-refractivity contribution >= 4 is 17.1 Å². The summed E-state index contributed by atoms with van der Waals surface area (Å²) in [7, 11) is 8.30. The zero-order chi connectivity index (χ0) is 26.1. The fourth-order valence-electron chi connectivity index (χ4n) is 4.04. The minimum Gasteiger partial charge on any atom is -0.497 e. The molecule has 0 spiro atoms. The van der Waals surface area contributed by atoms with Crippen LogP contribution in [0.3, 0.4) is 0 Å². The molecule has 0 aliphatic rings. The second-order valence-electron chi connectivity index (χ2n) is 8.48. The van der Waals surface area contributed by atoms with Gasteiger partial charge in [-0.25, -0.2) is 0 Å². The minimum atomic E-state index is 0.101. The van der Waals surface area contributed by atoms with Crippen LogP contribution in [-0.4, -0.2) is 48.2 Å². The zero-order valence-electron chi connectivity index (χ0n) is 22.0. The Kier molecular flexibility index (Phi) is 9.53. The molecular formula is C28H37N3O5. The van der Waals surface area contributed by atoms with Crippen LogP contribution in [-0.2, 0) is 17.8 Å². The number of nitrogen functional groups attached to an aromatic ring is 1. The quantitative estimate of drug-likeness (QED) is 0.322. The van der Waals surface area contributed by atoms with Gasteiger partial charge in [-0.15, -0.1) is 0 Å². The number of nitrogens with two attached hydrogens (primary N) is 1. The van der Waals surface area contributed by atoms with Crippen LogP contribution < -0.4 is 34.9 Å². The van der Waals surface area contributed by atoms with Gasteiger partial charge in [-0.3, -0.25) is 0 Å². The maximum absolute atomic E-state index is 6.30. The van der Waals surface area contributed by atoms with Crippen LogP contribution in [0.2, 0.25) is 0 Å². The molecule has 1 atom stereocenters. The molecule has 0 fully saturated rings. The maximum atomic E-state index is 6.30. The SMILES string of the molecule is COCC(C)Nc1cc(N(Cc2ccc(OC)cc2OC)Cc2ccc(OC)cc2OC)ccc1N. The lowest BCUT2D eigenvalue weighted by Gasteiger charge is -2.28. The van der Waals surface area contributed by atoms with Crippen LogP contribution in [0.25, 0.3) is 0 Å². The van der Waals surface area contributed by atoms with Gasteiger partial charge in [0, 0.05) is 55.2 Å². The summed E-state index contributed by atoms with van der Waals surface area (Å²) in [5.41, 5.74) is 10.9. The van der Waals surface area contributed by atoms with Crippen LogP contribution in [0, 0.1) is 0 Å². The van der Waals surface area contributed by atoms with Crippen molar-refractivity contribution in [1.82, 2.24) is 0 Å². The van der Waals surface area contributed by atoms with E-state index in [0.29, 0.717) is 25.4 Å². The van der Waals surface area contributed by atoms with Crippen molar-refractivity contribution in [1.29, 1.82) is 0 Å². The molecule has 8 heteroatoms. The topological polar surface area (TPSA) is 87.4 Å². The lowest BCUT2D eigenvalue weighted by Crippen LogP contribution is -2.24. The highest BCUT2D eigenvalue weighted by Gasteiger charge is 2.17. The fourth-order valence-corrected chi connectivity index (χ4v) is 4.04. The van der Waals surface area contributed by atoms with Crippen molar-refractivity contribution in [3.8, 4) is 23.0 Å². The van der Waals surface area contributed by atoms with E-state index in [2.05, 4.69) is 23.2 Å². The van der Waals surface area contributed by atoms with Gasteiger partial charge in [-0.1, -0.05) is 0 Å². The number of ether oxygens (including phenoxy) is 5. The predicted molar refractivity (Wildman–Crippen MR) is 145 cm³/mol. The normalized spacial score (nSPS) is 11.5. The van der Waals surface area contributed by atoms with Crippen molar-refractivity contribution < 1.29 is 23.7 Å². The third kappa shape index (κ3) is 6.66. The molecule has 1 unspecified atom stereocenters. The van der Waals surface area contributed by atoms with Gasteiger partial charge in [-0.2, -0.15) is 0 Å². The Hall–Kier alpha value is -3.78. The van der Waals surface area contributed by atoms with Gasteiger partial charge in [0.15, 0.2) is 0 Å². The molecule has 0 radical (unpaired) electrons. The summed E-state index contributed by atoms with van der Waals surface area (Å²) in [6.45, 7) is 3.79. The molecule has 0 bridgehead atoms. The summed E-state index contributed by atoms with van der Waals surface area (Å²) >= 11 is 0. The van der Waals surface area contributed by atoms with Crippen LogP contribution in [0.1, 0.15) is 18.1 Å². The number of nitrogens with zero attached hydrogens (tertiary/aromatic N) is 1. The third-order valence-corrected chi connectivity index (χ3v) is 5.93. The monoisotopic (exact) mass is 495 g/mol. The lowest BCUT2D eigenvalue weighted by molar-refractivity contribution is 0.190. The first kappa shape index (κ1) is 26.8. The molecule has 194 valence electrons. The second-order valence-corrected chi connectivity index (χ2v) is 8.48. The Morgan fingerprint density at radius 3 is 1.78 bits per heavy atom. The highest BCUT2D eigenvalue weighted by atomic mass is 16.5. The predicted octanol–water partition coefficient (Wildman–Crippen LogP) is 4.96. The standard InChI is InChI=1S/C28H37N3O5/c1-19(18-32-2)30-26-13-22(9-12-25(26)29)31(16-20-7-10-23(33-3)14-27(20)35-5)17-21-8-11-24(34-4)15-28(21)36-6/h7-15,19,30H,16-18,29H2,1-6H3. The summed E-state index contributed by atoms with van der Waals surface area (Å²) in [5.74, 6) is 2.99. The molecule has 0 aromatic heterocycles. The first-order chi connectivity index (χ1) is 17.4. The molecule has 0 saturated heterocycles. The zero-order valence-corrected chi connectivity index (χ0v) is 22.0. The van der Waals surface area contributed by atoms with E-state index < -0.39 is 0 Å². The van der Waals surface area contributed by atoms with E-state index in [1.165, 1.54) is 0 Å². The summed E-state index contributed by atoms with van der Waals surface area (Å²) in [5, 5.41) is 3.45. The molecule has 0 aliphatic carbocycles. The summed E-state index contributed by atoms with van der Waals surface area (Å²) < 4.78 is 27.4. The third-order valence-electron chi connectivity index (χ3n) is 5.93. The summed E-state index contributed by atoms with van der Waals surface area (Å²) in [6.07, 6.45) is 0. The summed E-state index contributed by atoms with van der Waals surface area (Å²) in [6, 6.07) is 17.8. The average Bonchev–Trinajstić information content (AvgIpc) is 2.90. The van der Waals surface area contributed by atoms with Crippen LogP contribution in [0.15, 0.2) is 54.6 Å². The van der Waals surface area contributed by atoms with Crippen LogP contribution in [0.4, 0.5) is 17.1 Å². The maximum Gasteiger partial charge on any atom is 0.127 e. The van der Waals surface area contributed by atoms with E-state index in [-0.39, 0.29) is 6.04 Å². The van der Waals surface area contributed by atoms with Crippen molar-refractivity contribution in [3.05, 3.63) is 65.7 Å². The van der Waals surface area contributed by atoms with Crippen molar-refractivity contribution in [2.24, 2.45) is 0 Å². The largest absolute Gasteiger partial charge is 0.497 e. The Bertz CT molecular complexity index is 1080. The number of hydrogen-bond acceptors (Lipinski definition) is 8. The van der Waals surface area contributed by atoms with Gasteiger partial charge in [0.25, 0.3) is 0 Å². The Morgan fingerprint density at radius 1 is 0.750 bits per heavy atom. The van der Waals surface area contributed by atoms with E-state index in [9.17, 15) is 0 Å². The average molecular weight is 496 g/mol. The van der Waals surface area contributed by atoms with Crippen LogP contribution >= 0.6 is 0 Å². The van der Waals surface area contributed by atoms with Gasteiger partial charge < -0.3 is 39.6 Å². The molecule has 3 rings (SSSR count). The number of anilines is 3. The number of hydrogen-bond donors (Lipinski definition) is 2. The van der Waals surface area contributed by atoms with E-state index in [1.54, 1.807) is 35.5 Å². The molecule has 0 amide bonds. The second kappa shape index (κ2) is 12.8. The van der Waals surface area contributed by atoms with Gasteiger partial charge in [-0.05, 0) is 49.4 Å². The molecule has 36 heavy (non-hydrogen) atoms. The van der Waals surface area contributed by atoms with Crippen molar-refractivity contribution in [2.75, 3.05) is 58.1 Å². The Balaban J connectivity index is 2.02. The highest BCUT2D eigenvalue weighted by Crippen LogP contribution is 2.33. The van der Waals surface area contributed by atoms with Gasteiger partial charge in [0.2, 0.25) is 0 Å². The van der Waals surface area contributed by atoms with E-state index in [1.807, 2.05) is 48.5 Å². The highest BCUT2D eigenvalue weighted by molar-refractivity contribution is 5.72. The Morgan fingerprint density at radius 2 is 1.31 bits per heavy atom. The molecule has 3 aromatic rings. The summed E-state index contributed by atoms with van der Waals surface area (Å²) in [4.78, 5) is 2.25. The lowest BCUT2D eigenvalue weighted by atomic mass is 10.1. The number of benzene rings is 3. The molecule has 8 nitrogen and oxygen atoms in total. The number of rotatable bonds is 13. The number of methoxy groups -OCH3 is 5. The molecule has 3 aromatic carbocycles. The molecular weight excluding hydrogens is 458 g/mol. The van der Waals surface area contributed by atoms with Crippen molar-refractivity contribution in [2.45, 2.75) is 26.1 Å². The van der Waals surface area contributed by atoms with Crippen molar-refractivity contribution in [3.63, 3.8) is 0 Å². The van der Waals surface area contributed by atoms with Gasteiger partial charge in [0.1, 0.15) is 23.0 Å². The Labute approximate surface area is 213 Å². The molecule has 0 aliphatic heterocycles.